The van der Waals surface area contributed by atoms with Crippen LogP contribution in [-0.4, -0.2) is 41.9 Å². The monoisotopic (exact) mass is 224 g/mol. The molecule has 0 bridgehead atoms. The van der Waals surface area contributed by atoms with Crippen molar-refractivity contribution in [3.8, 4) is 0 Å². The SMILES string of the molecule is Cn1ccnc(N2CCOCC2CN)c1=O. The van der Waals surface area contributed by atoms with Gasteiger partial charge in [0.15, 0.2) is 5.82 Å². The van der Waals surface area contributed by atoms with Crippen molar-refractivity contribution in [2.24, 2.45) is 12.8 Å². The highest BCUT2D eigenvalue weighted by atomic mass is 16.5. The van der Waals surface area contributed by atoms with Gasteiger partial charge in [-0.05, 0) is 0 Å². The fourth-order valence-corrected chi connectivity index (χ4v) is 1.81. The first-order valence-electron chi connectivity index (χ1n) is 5.30. The predicted molar refractivity (Wildman–Crippen MR) is 60.5 cm³/mol. The van der Waals surface area contributed by atoms with Crippen LogP contribution in [0.1, 0.15) is 0 Å². The molecule has 1 aromatic rings. The summed E-state index contributed by atoms with van der Waals surface area (Å²) in [5.41, 5.74) is 5.57. The fourth-order valence-electron chi connectivity index (χ4n) is 1.81. The maximum Gasteiger partial charge on any atom is 0.293 e. The minimum atomic E-state index is -0.0946. The summed E-state index contributed by atoms with van der Waals surface area (Å²) in [6, 6.07) is 0.0383. The molecule has 2 N–H and O–H groups in total. The van der Waals surface area contributed by atoms with Gasteiger partial charge in [-0.25, -0.2) is 4.98 Å². The van der Waals surface area contributed by atoms with Crippen LogP contribution in [0.3, 0.4) is 0 Å². The number of anilines is 1. The zero-order valence-corrected chi connectivity index (χ0v) is 9.30. The van der Waals surface area contributed by atoms with Crippen LogP contribution in [0.15, 0.2) is 17.2 Å². The minimum absolute atomic E-state index is 0.0383. The standard InChI is InChI=1S/C10H16N4O2/c1-13-3-2-12-9(10(13)15)14-4-5-16-7-8(14)6-11/h2-3,8H,4-7,11H2,1H3. The van der Waals surface area contributed by atoms with E-state index >= 15 is 0 Å². The van der Waals surface area contributed by atoms with Gasteiger partial charge in [-0.15, -0.1) is 0 Å². The van der Waals surface area contributed by atoms with Gasteiger partial charge in [0.05, 0.1) is 19.3 Å². The van der Waals surface area contributed by atoms with Crippen molar-refractivity contribution in [2.75, 3.05) is 31.2 Å². The van der Waals surface area contributed by atoms with Gasteiger partial charge in [-0.2, -0.15) is 0 Å². The molecule has 2 rings (SSSR count). The molecule has 1 atom stereocenters. The zero-order valence-electron chi connectivity index (χ0n) is 9.30. The second-order valence-corrected chi connectivity index (χ2v) is 3.82. The molecule has 0 spiro atoms. The summed E-state index contributed by atoms with van der Waals surface area (Å²) in [6.45, 7) is 2.28. The molecule has 0 radical (unpaired) electrons. The summed E-state index contributed by atoms with van der Waals surface area (Å²) in [5.74, 6) is 0.462. The van der Waals surface area contributed by atoms with Gasteiger partial charge in [-0.3, -0.25) is 4.79 Å². The van der Waals surface area contributed by atoms with Gasteiger partial charge in [0.1, 0.15) is 0 Å². The van der Waals surface area contributed by atoms with Crippen LogP contribution >= 0.6 is 0 Å². The number of nitrogens with two attached hydrogens (primary N) is 1. The third kappa shape index (κ3) is 1.94. The third-order valence-electron chi connectivity index (χ3n) is 2.77. The van der Waals surface area contributed by atoms with Gasteiger partial charge in [0.2, 0.25) is 0 Å². The lowest BCUT2D eigenvalue weighted by Crippen LogP contribution is -2.51. The molecule has 0 saturated carbocycles. The molecule has 1 saturated heterocycles. The highest BCUT2D eigenvalue weighted by Gasteiger charge is 2.25. The van der Waals surface area contributed by atoms with Crippen LogP contribution in [-0.2, 0) is 11.8 Å². The Morgan fingerprint density at radius 1 is 1.69 bits per heavy atom. The Morgan fingerprint density at radius 2 is 2.50 bits per heavy atom. The number of aromatic nitrogens is 2. The molecule has 1 aliphatic heterocycles. The first-order chi connectivity index (χ1) is 7.74. The normalized spacial score (nSPS) is 21.1. The maximum absolute atomic E-state index is 11.9. The molecule has 1 aliphatic rings. The van der Waals surface area contributed by atoms with E-state index in [1.165, 1.54) is 4.57 Å². The molecular formula is C10H16N4O2. The van der Waals surface area contributed by atoms with Crippen molar-refractivity contribution < 1.29 is 4.74 Å². The second kappa shape index (κ2) is 4.63. The van der Waals surface area contributed by atoms with Gasteiger partial charge in [0.25, 0.3) is 5.56 Å². The summed E-state index contributed by atoms with van der Waals surface area (Å²) in [6.07, 6.45) is 3.27. The fraction of sp³-hybridized carbons (Fsp3) is 0.600. The molecule has 6 nitrogen and oxygen atoms in total. The predicted octanol–water partition coefficient (Wildman–Crippen LogP) is -1.06. The Hall–Kier alpha value is -1.40. The molecule has 16 heavy (non-hydrogen) atoms. The Morgan fingerprint density at radius 3 is 3.25 bits per heavy atom. The van der Waals surface area contributed by atoms with Crippen molar-refractivity contribution >= 4 is 5.82 Å². The second-order valence-electron chi connectivity index (χ2n) is 3.82. The molecule has 0 aliphatic carbocycles. The number of hydrogen-bond donors (Lipinski definition) is 1. The third-order valence-corrected chi connectivity index (χ3v) is 2.77. The van der Waals surface area contributed by atoms with E-state index in [0.717, 1.165) is 0 Å². The summed E-state index contributed by atoms with van der Waals surface area (Å²) in [7, 11) is 1.71. The minimum Gasteiger partial charge on any atom is -0.377 e. The van der Waals surface area contributed by atoms with E-state index in [4.69, 9.17) is 10.5 Å². The van der Waals surface area contributed by atoms with Crippen molar-refractivity contribution in [1.82, 2.24) is 9.55 Å². The quantitative estimate of drug-likeness (QED) is 0.693. The average Bonchev–Trinajstić information content (AvgIpc) is 2.33. The highest BCUT2D eigenvalue weighted by Crippen LogP contribution is 2.11. The van der Waals surface area contributed by atoms with Crippen LogP contribution in [0.5, 0.6) is 0 Å². The molecule has 6 heteroatoms. The number of aryl methyl sites for hydroxylation is 1. The van der Waals surface area contributed by atoms with Crippen LogP contribution in [0.4, 0.5) is 5.82 Å². The Bertz CT molecular complexity index is 418. The topological polar surface area (TPSA) is 73.4 Å². The summed E-state index contributed by atoms with van der Waals surface area (Å²) < 4.78 is 6.86. The van der Waals surface area contributed by atoms with Gasteiger partial charge in [0, 0.05) is 32.5 Å². The number of morpholine rings is 1. The van der Waals surface area contributed by atoms with Crippen LogP contribution < -0.4 is 16.2 Å². The molecular weight excluding hydrogens is 208 g/mol. The van der Waals surface area contributed by atoms with E-state index in [1.54, 1.807) is 19.4 Å². The lowest BCUT2D eigenvalue weighted by molar-refractivity contribution is 0.0956. The first kappa shape index (κ1) is 11.1. The van der Waals surface area contributed by atoms with Crippen molar-refractivity contribution in [2.45, 2.75) is 6.04 Å². The van der Waals surface area contributed by atoms with Gasteiger partial charge in [-0.1, -0.05) is 0 Å². The molecule has 1 fully saturated rings. The molecule has 0 amide bonds. The van der Waals surface area contributed by atoms with Crippen LogP contribution in [0.25, 0.3) is 0 Å². The number of nitrogens with zero attached hydrogens (tertiary/aromatic N) is 3. The Balaban J connectivity index is 2.34. The summed E-state index contributed by atoms with van der Waals surface area (Å²) in [5, 5.41) is 0. The largest absolute Gasteiger partial charge is 0.377 e. The smallest absolute Gasteiger partial charge is 0.293 e. The maximum atomic E-state index is 11.9. The number of hydrogen-bond acceptors (Lipinski definition) is 5. The van der Waals surface area contributed by atoms with E-state index < -0.39 is 0 Å². The van der Waals surface area contributed by atoms with Crippen molar-refractivity contribution in [3.05, 3.63) is 22.7 Å². The Labute approximate surface area is 93.6 Å². The van der Waals surface area contributed by atoms with E-state index in [2.05, 4.69) is 4.98 Å². The first-order valence-corrected chi connectivity index (χ1v) is 5.30. The molecule has 0 aromatic carbocycles. The van der Waals surface area contributed by atoms with Crippen LogP contribution in [0.2, 0.25) is 0 Å². The molecule has 2 heterocycles. The van der Waals surface area contributed by atoms with Gasteiger partial charge < -0.3 is 19.9 Å². The van der Waals surface area contributed by atoms with Gasteiger partial charge >= 0.3 is 0 Å². The van der Waals surface area contributed by atoms with E-state index in [0.29, 0.717) is 32.1 Å². The van der Waals surface area contributed by atoms with E-state index in [1.807, 2.05) is 4.90 Å². The van der Waals surface area contributed by atoms with Crippen molar-refractivity contribution in [1.29, 1.82) is 0 Å². The molecule has 88 valence electrons. The molecule has 1 aromatic heterocycles. The summed E-state index contributed by atoms with van der Waals surface area (Å²) >= 11 is 0. The summed E-state index contributed by atoms with van der Waals surface area (Å²) in [4.78, 5) is 18.0. The van der Waals surface area contributed by atoms with Crippen molar-refractivity contribution in [3.63, 3.8) is 0 Å². The molecule has 1 unspecified atom stereocenters. The zero-order chi connectivity index (χ0) is 11.5. The Kier molecular flexibility index (Phi) is 3.21. The van der Waals surface area contributed by atoms with E-state index in [-0.39, 0.29) is 11.6 Å². The average molecular weight is 224 g/mol. The lowest BCUT2D eigenvalue weighted by Gasteiger charge is -2.35. The van der Waals surface area contributed by atoms with E-state index in [9.17, 15) is 4.79 Å². The number of rotatable bonds is 2. The highest BCUT2D eigenvalue weighted by molar-refractivity contribution is 5.38. The van der Waals surface area contributed by atoms with Crippen LogP contribution in [0, 0.1) is 0 Å². The lowest BCUT2D eigenvalue weighted by atomic mass is 10.2. The number of ether oxygens (including phenoxy) is 1.